The Morgan fingerprint density at radius 2 is 1.73 bits per heavy atom. The molecule has 5 heteroatoms. The molecule has 0 fully saturated rings. The zero-order chi connectivity index (χ0) is 11.7. The van der Waals surface area contributed by atoms with Gasteiger partial charge in [0.05, 0.1) is 0 Å². The molecule has 0 heterocycles. The number of hydrogen-bond acceptors (Lipinski definition) is 4. The first-order valence-electron chi connectivity index (χ1n) is 5.55. The second-order valence-electron chi connectivity index (χ2n) is 3.18. The third kappa shape index (κ3) is 3.87. The molecule has 0 rings (SSSR count). The van der Waals surface area contributed by atoms with Crippen LogP contribution in [0.25, 0.3) is 0 Å². The van der Waals surface area contributed by atoms with E-state index in [1.54, 1.807) is 6.08 Å². The molecule has 0 aromatic rings. The summed E-state index contributed by atoms with van der Waals surface area (Å²) in [6.07, 6.45) is 2.38. The fraction of sp³-hybridized carbons (Fsp3) is 0.900. The minimum Gasteiger partial charge on any atom is -0.393 e. The minimum absolute atomic E-state index is 0.139. The summed E-state index contributed by atoms with van der Waals surface area (Å²) in [5.74, 6) is 0. The topological polar surface area (TPSA) is 47.9 Å². The maximum absolute atomic E-state index is 10.4. The van der Waals surface area contributed by atoms with Gasteiger partial charge in [-0.25, -0.2) is 9.79 Å². The fourth-order valence-corrected chi connectivity index (χ4v) is 4.92. The van der Waals surface area contributed by atoms with E-state index in [2.05, 4.69) is 4.99 Å². The summed E-state index contributed by atoms with van der Waals surface area (Å²) in [7, 11) is -2.35. The largest absolute Gasteiger partial charge is 0.393 e. The van der Waals surface area contributed by atoms with E-state index in [4.69, 9.17) is 8.85 Å². The minimum atomic E-state index is -2.35. The number of rotatable bonds is 8. The van der Waals surface area contributed by atoms with E-state index in [1.807, 2.05) is 27.7 Å². The van der Waals surface area contributed by atoms with Crippen molar-refractivity contribution in [3.63, 3.8) is 0 Å². The van der Waals surface area contributed by atoms with Crippen LogP contribution in [0.1, 0.15) is 34.1 Å². The number of isocyanates is 1. The lowest BCUT2D eigenvalue weighted by Gasteiger charge is -2.32. The van der Waals surface area contributed by atoms with Gasteiger partial charge < -0.3 is 8.85 Å². The molecule has 0 saturated carbocycles. The molecule has 15 heavy (non-hydrogen) atoms. The van der Waals surface area contributed by atoms with Crippen LogP contribution >= 0.6 is 0 Å². The van der Waals surface area contributed by atoms with Crippen molar-refractivity contribution in [1.82, 2.24) is 0 Å². The Balaban J connectivity index is 4.89. The standard InChI is InChI=1S/C10H21NO3Si/c1-5-10(11-9-12)15(8-4,13-6-2)14-7-3/h10H,5-8H2,1-4H3. The molecule has 0 aliphatic carbocycles. The van der Waals surface area contributed by atoms with Crippen LogP contribution in [-0.2, 0) is 13.6 Å². The molecule has 0 aliphatic heterocycles. The summed E-state index contributed by atoms with van der Waals surface area (Å²) in [6.45, 7) is 9.10. The second kappa shape index (κ2) is 7.76. The van der Waals surface area contributed by atoms with Crippen LogP contribution in [0.2, 0.25) is 6.04 Å². The average molecular weight is 231 g/mol. The lowest BCUT2D eigenvalue weighted by Crippen LogP contribution is -2.52. The first-order chi connectivity index (χ1) is 7.20. The van der Waals surface area contributed by atoms with Crippen molar-refractivity contribution in [2.24, 2.45) is 4.99 Å². The quantitative estimate of drug-likeness (QED) is 0.365. The Labute approximate surface area is 92.9 Å². The molecule has 0 aromatic carbocycles. The molecule has 1 atom stereocenters. The third-order valence-corrected chi connectivity index (χ3v) is 6.47. The molecule has 0 aliphatic rings. The van der Waals surface area contributed by atoms with Crippen molar-refractivity contribution in [3.8, 4) is 0 Å². The van der Waals surface area contributed by atoms with E-state index in [9.17, 15) is 4.79 Å². The van der Waals surface area contributed by atoms with E-state index >= 15 is 0 Å². The van der Waals surface area contributed by atoms with Gasteiger partial charge in [0.2, 0.25) is 6.08 Å². The molecule has 0 bridgehead atoms. The average Bonchev–Trinajstić information content (AvgIpc) is 2.25. The number of hydrogen-bond donors (Lipinski definition) is 0. The Bertz CT molecular complexity index is 211. The first-order valence-corrected chi connectivity index (χ1v) is 7.65. The molecule has 0 N–H and O–H groups in total. The van der Waals surface area contributed by atoms with Crippen LogP contribution in [0.3, 0.4) is 0 Å². The summed E-state index contributed by atoms with van der Waals surface area (Å²) in [5.41, 5.74) is -0.139. The van der Waals surface area contributed by atoms with Crippen LogP contribution in [0, 0.1) is 0 Å². The molecular weight excluding hydrogens is 210 g/mol. The van der Waals surface area contributed by atoms with Crippen molar-refractivity contribution in [2.45, 2.75) is 45.8 Å². The Kier molecular flexibility index (Phi) is 7.51. The van der Waals surface area contributed by atoms with Gasteiger partial charge in [0.15, 0.2) is 0 Å². The first kappa shape index (κ1) is 14.5. The van der Waals surface area contributed by atoms with Gasteiger partial charge in [-0.1, -0.05) is 13.8 Å². The molecule has 0 saturated heterocycles. The van der Waals surface area contributed by atoms with E-state index in [-0.39, 0.29) is 5.67 Å². The van der Waals surface area contributed by atoms with Gasteiger partial charge in [-0.2, -0.15) is 0 Å². The summed E-state index contributed by atoms with van der Waals surface area (Å²) < 4.78 is 11.5. The van der Waals surface area contributed by atoms with Crippen LogP contribution in [0.4, 0.5) is 0 Å². The van der Waals surface area contributed by atoms with E-state index in [0.29, 0.717) is 13.2 Å². The van der Waals surface area contributed by atoms with Crippen LogP contribution in [0.5, 0.6) is 0 Å². The van der Waals surface area contributed by atoms with E-state index in [0.717, 1.165) is 12.5 Å². The van der Waals surface area contributed by atoms with Gasteiger partial charge in [-0.15, -0.1) is 0 Å². The summed E-state index contributed by atoms with van der Waals surface area (Å²) in [6, 6.07) is 0.804. The van der Waals surface area contributed by atoms with Gasteiger partial charge in [0.1, 0.15) is 5.67 Å². The maximum Gasteiger partial charge on any atom is 0.364 e. The molecular formula is C10H21NO3Si. The Morgan fingerprint density at radius 3 is 2.00 bits per heavy atom. The molecule has 4 nitrogen and oxygen atoms in total. The van der Waals surface area contributed by atoms with E-state index < -0.39 is 8.56 Å². The van der Waals surface area contributed by atoms with Gasteiger partial charge in [0, 0.05) is 13.2 Å². The van der Waals surface area contributed by atoms with Crippen molar-refractivity contribution < 1.29 is 13.6 Å². The maximum atomic E-state index is 10.4. The second-order valence-corrected chi connectivity index (χ2v) is 6.75. The highest BCUT2D eigenvalue weighted by atomic mass is 28.4. The normalized spacial score (nSPS) is 13.3. The van der Waals surface area contributed by atoms with Crippen molar-refractivity contribution in [2.75, 3.05) is 13.2 Å². The zero-order valence-electron chi connectivity index (χ0n) is 10.1. The monoisotopic (exact) mass is 231 g/mol. The predicted octanol–water partition coefficient (Wildman–Crippen LogP) is 2.18. The van der Waals surface area contributed by atoms with Crippen molar-refractivity contribution in [1.29, 1.82) is 0 Å². The Morgan fingerprint density at radius 1 is 1.20 bits per heavy atom. The predicted molar refractivity (Wildman–Crippen MR) is 61.7 cm³/mol. The Hall–Kier alpha value is -0.483. The van der Waals surface area contributed by atoms with Crippen LogP contribution in [-0.4, -0.2) is 33.5 Å². The lowest BCUT2D eigenvalue weighted by molar-refractivity contribution is 0.173. The van der Waals surface area contributed by atoms with Gasteiger partial charge >= 0.3 is 8.56 Å². The van der Waals surface area contributed by atoms with Crippen molar-refractivity contribution in [3.05, 3.63) is 0 Å². The summed E-state index contributed by atoms with van der Waals surface area (Å²) in [4.78, 5) is 14.2. The fourth-order valence-electron chi connectivity index (χ4n) is 1.73. The number of carbonyl (C=O) groups excluding carboxylic acids is 1. The van der Waals surface area contributed by atoms with Gasteiger partial charge in [-0.3, -0.25) is 0 Å². The van der Waals surface area contributed by atoms with Crippen LogP contribution < -0.4 is 0 Å². The number of aliphatic imine (C=N–C) groups is 1. The molecule has 0 spiro atoms. The SMILES string of the molecule is CCO[Si](CC)(OCC)C(CC)N=C=O. The summed E-state index contributed by atoms with van der Waals surface area (Å²) >= 11 is 0. The highest BCUT2D eigenvalue weighted by Crippen LogP contribution is 2.22. The molecule has 0 amide bonds. The van der Waals surface area contributed by atoms with E-state index in [1.165, 1.54) is 0 Å². The van der Waals surface area contributed by atoms with Crippen molar-refractivity contribution >= 4 is 14.6 Å². The third-order valence-electron chi connectivity index (χ3n) is 2.37. The molecule has 0 radical (unpaired) electrons. The van der Waals surface area contributed by atoms with Crippen LogP contribution in [0.15, 0.2) is 4.99 Å². The zero-order valence-corrected chi connectivity index (χ0v) is 11.1. The highest BCUT2D eigenvalue weighted by molar-refractivity contribution is 6.69. The van der Waals surface area contributed by atoms with Gasteiger partial charge in [-0.05, 0) is 26.3 Å². The van der Waals surface area contributed by atoms with Gasteiger partial charge in [0.25, 0.3) is 0 Å². The summed E-state index contributed by atoms with van der Waals surface area (Å²) in [5, 5.41) is 0. The smallest absolute Gasteiger partial charge is 0.364 e. The highest BCUT2D eigenvalue weighted by Gasteiger charge is 2.43. The number of nitrogens with zero attached hydrogens (tertiary/aromatic N) is 1. The molecule has 1 unspecified atom stereocenters. The lowest BCUT2D eigenvalue weighted by atomic mass is 10.5. The molecule has 0 aromatic heterocycles. The molecule has 88 valence electrons.